The van der Waals surface area contributed by atoms with Gasteiger partial charge in [0.1, 0.15) is 0 Å². The van der Waals surface area contributed by atoms with Gasteiger partial charge in [-0.2, -0.15) is 0 Å². The number of benzene rings is 1. The molecule has 1 aliphatic rings. The van der Waals surface area contributed by atoms with Gasteiger partial charge in [-0.3, -0.25) is 0 Å². The summed E-state index contributed by atoms with van der Waals surface area (Å²) in [5.74, 6) is 0.610. The van der Waals surface area contributed by atoms with Crippen molar-refractivity contribution in [1.82, 2.24) is 0 Å². The Hall–Kier alpha value is -0.900. The van der Waals surface area contributed by atoms with E-state index >= 15 is 0 Å². The van der Waals surface area contributed by atoms with Crippen molar-refractivity contribution in [2.45, 2.75) is 38.8 Å². The molecule has 0 saturated carbocycles. The molecular formula is C16H25NO2. The Labute approximate surface area is 116 Å². The van der Waals surface area contributed by atoms with Crippen molar-refractivity contribution < 1.29 is 9.47 Å². The van der Waals surface area contributed by atoms with Crippen LogP contribution in [0.4, 0.5) is 0 Å². The van der Waals surface area contributed by atoms with Gasteiger partial charge in [-0.25, -0.2) is 0 Å². The van der Waals surface area contributed by atoms with Crippen LogP contribution in [0, 0.1) is 12.8 Å². The van der Waals surface area contributed by atoms with Crippen LogP contribution in [0.5, 0.6) is 0 Å². The molecule has 1 fully saturated rings. The first kappa shape index (κ1) is 14.5. The van der Waals surface area contributed by atoms with Gasteiger partial charge < -0.3 is 15.2 Å². The first-order valence-electron chi connectivity index (χ1n) is 7.19. The fourth-order valence-electron chi connectivity index (χ4n) is 2.58. The van der Waals surface area contributed by atoms with E-state index in [0.717, 1.165) is 32.7 Å². The Kier molecular flexibility index (Phi) is 5.37. The summed E-state index contributed by atoms with van der Waals surface area (Å²) in [5.41, 5.74) is 8.56. The van der Waals surface area contributed by atoms with Crippen molar-refractivity contribution in [2.75, 3.05) is 19.8 Å². The zero-order valence-electron chi connectivity index (χ0n) is 12.0. The largest absolute Gasteiger partial charge is 0.381 e. The van der Waals surface area contributed by atoms with E-state index in [1.807, 2.05) is 6.92 Å². The maximum atomic E-state index is 6.13. The normalized spacial score (nSPS) is 20.2. The summed E-state index contributed by atoms with van der Waals surface area (Å²) in [6.45, 7) is 6.63. The van der Waals surface area contributed by atoms with E-state index in [1.165, 1.54) is 11.1 Å². The quantitative estimate of drug-likeness (QED) is 0.888. The second kappa shape index (κ2) is 7.04. The van der Waals surface area contributed by atoms with Crippen molar-refractivity contribution in [1.29, 1.82) is 0 Å². The van der Waals surface area contributed by atoms with Crippen LogP contribution in [0.1, 0.15) is 37.0 Å². The van der Waals surface area contributed by atoms with E-state index < -0.39 is 0 Å². The van der Waals surface area contributed by atoms with E-state index in [0.29, 0.717) is 5.92 Å². The van der Waals surface area contributed by atoms with Crippen molar-refractivity contribution in [3.8, 4) is 0 Å². The molecule has 2 N–H and O–H groups in total. The molecule has 0 bridgehead atoms. The molecule has 1 aromatic carbocycles. The van der Waals surface area contributed by atoms with Crippen LogP contribution < -0.4 is 5.73 Å². The Morgan fingerprint density at radius 1 is 1.32 bits per heavy atom. The fraction of sp³-hybridized carbons (Fsp3) is 0.625. The zero-order chi connectivity index (χ0) is 13.7. The average molecular weight is 263 g/mol. The first-order chi connectivity index (χ1) is 9.18. The zero-order valence-corrected chi connectivity index (χ0v) is 12.0. The van der Waals surface area contributed by atoms with Crippen LogP contribution in [0.2, 0.25) is 0 Å². The second-order valence-electron chi connectivity index (χ2n) is 5.53. The average Bonchev–Trinajstić information content (AvgIpc) is 2.42. The minimum absolute atomic E-state index is 0.000871. The van der Waals surface area contributed by atoms with Gasteiger partial charge in [-0.05, 0) is 43.7 Å². The highest BCUT2D eigenvalue weighted by Gasteiger charge is 2.21. The molecule has 2 unspecified atom stereocenters. The molecule has 1 saturated heterocycles. The van der Waals surface area contributed by atoms with Gasteiger partial charge in [0.05, 0.1) is 12.7 Å². The SMILES string of the molecule is Cc1ccccc1C(OCC1CCOCC1)C(C)N. The van der Waals surface area contributed by atoms with Gasteiger partial charge in [0.25, 0.3) is 0 Å². The molecule has 3 nitrogen and oxygen atoms in total. The summed E-state index contributed by atoms with van der Waals surface area (Å²) in [7, 11) is 0. The number of hydrogen-bond donors (Lipinski definition) is 1. The molecule has 19 heavy (non-hydrogen) atoms. The highest BCUT2D eigenvalue weighted by Crippen LogP contribution is 2.26. The molecule has 0 spiro atoms. The van der Waals surface area contributed by atoms with E-state index in [9.17, 15) is 0 Å². The van der Waals surface area contributed by atoms with Crippen molar-refractivity contribution >= 4 is 0 Å². The van der Waals surface area contributed by atoms with Gasteiger partial charge in [0.15, 0.2) is 0 Å². The fourth-order valence-corrected chi connectivity index (χ4v) is 2.58. The Morgan fingerprint density at radius 2 is 2.00 bits per heavy atom. The Balaban J connectivity index is 1.98. The van der Waals surface area contributed by atoms with E-state index in [4.69, 9.17) is 15.2 Å². The standard InChI is InChI=1S/C16H25NO2/c1-12-5-3-4-6-15(12)16(13(2)17)19-11-14-7-9-18-10-8-14/h3-6,13-14,16H,7-11,17H2,1-2H3. The molecule has 2 atom stereocenters. The lowest BCUT2D eigenvalue weighted by molar-refractivity contribution is -0.0189. The smallest absolute Gasteiger partial charge is 0.0975 e. The molecule has 0 aliphatic carbocycles. The summed E-state index contributed by atoms with van der Waals surface area (Å²) < 4.78 is 11.5. The summed E-state index contributed by atoms with van der Waals surface area (Å²) >= 11 is 0. The Bertz CT molecular complexity index is 386. The lowest BCUT2D eigenvalue weighted by atomic mass is 9.98. The maximum absolute atomic E-state index is 6.13. The van der Waals surface area contributed by atoms with Crippen molar-refractivity contribution in [3.05, 3.63) is 35.4 Å². The molecule has 0 amide bonds. The van der Waals surface area contributed by atoms with Gasteiger partial charge in [-0.15, -0.1) is 0 Å². The Morgan fingerprint density at radius 3 is 2.63 bits per heavy atom. The third-order valence-corrected chi connectivity index (χ3v) is 3.82. The molecule has 2 rings (SSSR count). The van der Waals surface area contributed by atoms with Crippen LogP contribution in [-0.4, -0.2) is 25.9 Å². The lowest BCUT2D eigenvalue weighted by Gasteiger charge is -2.28. The second-order valence-corrected chi connectivity index (χ2v) is 5.53. The predicted molar refractivity (Wildman–Crippen MR) is 77.1 cm³/mol. The van der Waals surface area contributed by atoms with Crippen LogP contribution >= 0.6 is 0 Å². The molecule has 106 valence electrons. The van der Waals surface area contributed by atoms with Gasteiger partial charge >= 0.3 is 0 Å². The van der Waals surface area contributed by atoms with E-state index in [2.05, 4.69) is 31.2 Å². The number of aryl methyl sites for hydroxylation is 1. The topological polar surface area (TPSA) is 44.5 Å². The van der Waals surface area contributed by atoms with Crippen LogP contribution in [0.25, 0.3) is 0 Å². The van der Waals surface area contributed by atoms with E-state index in [1.54, 1.807) is 0 Å². The third-order valence-electron chi connectivity index (χ3n) is 3.82. The third kappa shape index (κ3) is 4.03. The van der Waals surface area contributed by atoms with Gasteiger partial charge in [0, 0.05) is 19.3 Å². The van der Waals surface area contributed by atoms with Crippen LogP contribution in [-0.2, 0) is 9.47 Å². The first-order valence-corrected chi connectivity index (χ1v) is 7.19. The summed E-state index contributed by atoms with van der Waals surface area (Å²) in [4.78, 5) is 0. The monoisotopic (exact) mass is 263 g/mol. The molecular weight excluding hydrogens is 238 g/mol. The van der Waals surface area contributed by atoms with Crippen molar-refractivity contribution in [2.24, 2.45) is 11.7 Å². The summed E-state index contributed by atoms with van der Waals surface area (Å²) in [5, 5.41) is 0. The number of ether oxygens (including phenoxy) is 2. The lowest BCUT2D eigenvalue weighted by Crippen LogP contribution is -2.30. The summed E-state index contributed by atoms with van der Waals surface area (Å²) in [6.07, 6.45) is 2.18. The van der Waals surface area contributed by atoms with Gasteiger partial charge in [0.2, 0.25) is 0 Å². The molecule has 0 aromatic heterocycles. The maximum Gasteiger partial charge on any atom is 0.0975 e. The molecule has 3 heteroatoms. The van der Waals surface area contributed by atoms with E-state index in [-0.39, 0.29) is 12.1 Å². The molecule has 1 aromatic rings. The highest BCUT2D eigenvalue weighted by atomic mass is 16.5. The number of nitrogens with two attached hydrogens (primary N) is 1. The van der Waals surface area contributed by atoms with Crippen LogP contribution in [0.3, 0.4) is 0 Å². The minimum Gasteiger partial charge on any atom is -0.381 e. The van der Waals surface area contributed by atoms with Crippen LogP contribution in [0.15, 0.2) is 24.3 Å². The minimum atomic E-state index is -0.0101. The number of rotatable bonds is 5. The molecule has 1 aliphatic heterocycles. The summed E-state index contributed by atoms with van der Waals surface area (Å²) in [6, 6.07) is 8.34. The molecule has 0 radical (unpaired) electrons. The van der Waals surface area contributed by atoms with Gasteiger partial charge in [-0.1, -0.05) is 24.3 Å². The van der Waals surface area contributed by atoms with Crippen molar-refractivity contribution in [3.63, 3.8) is 0 Å². The predicted octanol–water partition coefficient (Wildman–Crippen LogP) is 2.83. The highest BCUT2D eigenvalue weighted by molar-refractivity contribution is 5.28. The molecule has 1 heterocycles. The number of hydrogen-bond acceptors (Lipinski definition) is 3.